The molecule has 0 saturated heterocycles. The van der Waals surface area contributed by atoms with E-state index in [0.29, 0.717) is 26.6 Å². The van der Waals surface area contributed by atoms with E-state index >= 15 is 0 Å². The van der Waals surface area contributed by atoms with Crippen molar-refractivity contribution in [1.29, 1.82) is 0 Å². The summed E-state index contributed by atoms with van der Waals surface area (Å²) < 4.78 is 0. The van der Waals surface area contributed by atoms with Crippen molar-refractivity contribution in [2.24, 2.45) is 5.92 Å². The van der Waals surface area contributed by atoms with Crippen molar-refractivity contribution < 1.29 is 15.0 Å². The van der Waals surface area contributed by atoms with Gasteiger partial charge in [0.1, 0.15) is 6.10 Å². The summed E-state index contributed by atoms with van der Waals surface area (Å²) in [5.41, 5.74) is 1.47. The third-order valence-corrected chi connectivity index (χ3v) is 6.99. The van der Waals surface area contributed by atoms with Gasteiger partial charge in [0.2, 0.25) is 5.91 Å². The molecule has 7 heteroatoms. The van der Waals surface area contributed by atoms with Crippen molar-refractivity contribution in [3.63, 3.8) is 0 Å². The van der Waals surface area contributed by atoms with Gasteiger partial charge in [-0.2, -0.15) is 0 Å². The number of nitrogens with one attached hydrogen (secondary N) is 1. The number of carbonyl (C=O) groups excluding carboxylic acids is 1. The van der Waals surface area contributed by atoms with E-state index in [-0.39, 0.29) is 18.4 Å². The molecule has 1 fully saturated rings. The predicted molar refractivity (Wildman–Crippen MR) is 120 cm³/mol. The van der Waals surface area contributed by atoms with Gasteiger partial charge >= 0.3 is 0 Å². The van der Waals surface area contributed by atoms with Gasteiger partial charge < -0.3 is 15.5 Å². The number of aliphatic hydroxyl groups excluding tert-OH is 2. The lowest BCUT2D eigenvalue weighted by molar-refractivity contribution is -0.122. The maximum absolute atomic E-state index is 13.2. The molecule has 3 N–H and O–H groups in total. The maximum Gasteiger partial charge on any atom is 0.232 e. The third-order valence-electron chi connectivity index (χ3n) is 5.37. The third kappa shape index (κ3) is 6.12. The van der Waals surface area contributed by atoms with Gasteiger partial charge in [0.25, 0.3) is 0 Å². The summed E-state index contributed by atoms with van der Waals surface area (Å²) in [5.74, 6) is 0.136. The van der Waals surface area contributed by atoms with E-state index in [0.717, 1.165) is 24.8 Å². The zero-order valence-electron chi connectivity index (χ0n) is 16.0. The molecule has 1 saturated carbocycles. The molecule has 2 unspecified atom stereocenters. The molecule has 4 nitrogen and oxygen atoms in total. The van der Waals surface area contributed by atoms with E-state index in [1.165, 1.54) is 24.6 Å². The number of allylic oxidation sites excluding steroid dienone is 2. The van der Waals surface area contributed by atoms with E-state index in [9.17, 15) is 9.90 Å². The highest BCUT2D eigenvalue weighted by atomic mass is 35.5. The van der Waals surface area contributed by atoms with Crippen LogP contribution in [0.5, 0.6) is 0 Å². The van der Waals surface area contributed by atoms with Gasteiger partial charge in [-0.1, -0.05) is 78.9 Å². The molecule has 1 aromatic rings. The number of hydrogen-bond donors (Lipinski definition) is 3. The minimum atomic E-state index is -0.937. The first kappa shape index (κ1) is 22.4. The number of benzene rings is 1. The molecule has 0 bridgehead atoms. The first-order valence-corrected chi connectivity index (χ1v) is 11.4. The van der Waals surface area contributed by atoms with Crippen LogP contribution in [0, 0.1) is 5.92 Å². The Balaban J connectivity index is 1.76. The van der Waals surface area contributed by atoms with Gasteiger partial charge in [0, 0.05) is 0 Å². The molecule has 1 aromatic carbocycles. The van der Waals surface area contributed by atoms with Crippen molar-refractivity contribution in [2.45, 2.75) is 44.1 Å². The number of rotatable bonds is 7. The van der Waals surface area contributed by atoms with Crippen LogP contribution in [0.4, 0.5) is 0 Å². The first-order chi connectivity index (χ1) is 14.0. The van der Waals surface area contributed by atoms with Crippen LogP contribution in [0.1, 0.15) is 43.6 Å². The van der Waals surface area contributed by atoms with Crippen molar-refractivity contribution in [1.82, 2.24) is 5.32 Å². The van der Waals surface area contributed by atoms with E-state index in [1.54, 1.807) is 35.8 Å². The van der Waals surface area contributed by atoms with Crippen molar-refractivity contribution in [2.75, 3.05) is 6.61 Å². The molecule has 1 aliphatic carbocycles. The highest BCUT2D eigenvalue weighted by Gasteiger charge is 2.27. The fourth-order valence-corrected chi connectivity index (χ4v) is 4.86. The molecule has 1 heterocycles. The summed E-state index contributed by atoms with van der Waals surface area (Å²) in [6, 6.07) is 5.40. The number of amides is 1. The summed E-state index contributed by atoms with van der Waals surface area (Å²) >= 11 is 13.6. The zero-order valence-corrected chi connectivity index (χ0v) is 18.3. The molecule has 2 atom stereocenters. The number of thioether (sulfide) groups is 1. The summed E-state index contributed by atoms with van der Waals surface area (Å²) in [4.78, 5) is 13.2. The SMILES string of the molecule is O=C(NC1=CC=CC(C(O)CO)=CS1)C(CC1CCCC1)c1ccc(Cl)c(Cl)c1. The van der Waals surface area contributed by atoms with Crippen LogP contribution in [0.3, 0.4) is 0 Å². The van der Waals surface area contributed by atoms with Crippen LogP contribution in [0.15, 0.2) is 52.4 Å². The van der Waals surface area contributed by atoms with E-state index in [2.05, 4.69) is 5.32 Å². The van der Waals surface area contributed by atoms with Gasteiger partial charge in [-0.05, 0) is 47.1 Å². The number of halogens is 2. The molecule has 0 radical (unpaired) electrons. The smallest absolute Gasteiger partial charge is 0.232 e. The minimum Gasteiger partial charge on any atom is -0.393 e. The second kappa shape index (κ2) is 10.7. The molecular weight excluding hydrogens is 429 g/mol. The Morgan fingerprint density at radius 3 is 2.69 bits per heavy atom. The van der Waals surface area contributed by atoms with Crippen LogP contribution < -0.4 is 5.32 Å². The minimum absolute atomic E-state index is 0.0815. The molecular formula is C22H25Cl2NO3S. The number of carbonyl (C=O) groups is 1. The Kier molecular flexibility index (Phi) is 8.27. The Morgan fingerprint density at radius 1 is 1.24 bits per heavy atom. The molecule has 29 heavy (non-hydrogen) atoms. The van der Waals surface area contributed by atoms with Crippen LogP contribution in [0.2, 0.25) is 10.0 Å². The molecule has 1 amide bonds. The first-order valence-electron chi connectivity index (χ1n) is 9.77. The summed E-state index contributed by atoms with van der Waals surface area (Å²) in [6.07, 6.45) is 9.84. The molecule has 0 spiro atoms. The van der Waals surface area contributed by atoms with E-state index in [1.807, 2.05) is 6.07 Å². The predicted octanol–water partition coefficient (Wildman–Crippen LogP) is 5.16. The van der Waals surface area contributed by atoms with Crippen molar-refractivity contribution in [3.05, 3.63) is 68.0 Å². The molecule has 3 rings (SSSR count). The number of aliphatic hydroxyl groups is 2. The second-order valence-electron chi connectivity index (χ2n) is 7.43. The Bertz CT molecular complexity index is 831. The number of hydrogen-bond acceptors (Lipinski definition) is 4. The highest BCUT2D eigenvalue weighted by Crippen LogP contribution is 2.36. The van der Waals surface area contributed by atoms with Crippen LogP contribution in [-0.4, -0.2) is 28.8 Å². The van der Waals surface area contributed by atoms with Crippen molar-refractivity contribution >= 4 is 40.9 Å². The van der Waals surface area contributed by atoms with Gasteiger partial charge in [-0.15, -0.1) is 0 Å². The van der Waals surface area contributed by atoms with Crippen LogP contribution in [0.25, 0.3) is 0 Å². The summed E-state index contributed by atoms with van der Waals surface area (Å²) in [7, 11) is 0. The fourth-order valence-electron chi connectivity index (χ4n) is 3.73. The average Bonchev–Trinajstić information content (AvgIpc) is 3.12. The lowest BCUT2D eigenvalue weighted by atomic mass is 9.87. The lowest BCUT2D eigenvalue weighted by Crippen LogP contribution is -2.29. The Labute approximate surface area is 185 Å². The maximum atomic E-state index is 13.2. The van der Waals surface area contributed by atoms with Gasteiger partial charge in [-0.25, -0.2) is 0 Å². The second-order valence-corrected chi connectivity index (χ2v) is 9.15. The summed E-state index contributed by atoms with van der Waals surface area (Å²) in [6.45, 7) is -0.348. The Morgan fingerprint density at radius 2 is 2.00 bits per heavy atom. The van der Waals surface area contributed by atoms with Crippen molar-refractivity contribution in [3.8, 4) is 0 Å². The normalized spacial score (nSPS) is 19.3. The zero-order chi connectivity index (χ0) is 20.8. The average molecular weight is 454 g/mol. The van der Waals surface area contributed by atoms with E-state index < -0.39 is 6.10 Å². The quantitative estimate of drug-likeness (QED) is 0.533. The van der Waals surface area contributed by atoms with Crippen LogP contribution >= 0.6 is 35.0 Å². The monoisotopic (exact) mass is 453 g/mol. The summed E-state index contributed by atoms with van der Waals surface area (Å²) in [5, 5.41) is 25.3. The largest absolute Gasteiger partial charge is 0.393 e. The van der Waals surface area contributed by atoms with Crippen LogP contribution in [-0.2, 0) is 4.79 Å². The van der Waals surface area contributed by atoms with Gasteiger partial charge in [0.15, 0.2) is 0 Å². The fraction of sp³-hybridized carbons (Fsp3) is 0.409. The molecule has 0 aromatic heterocycles. The topological polar surface area (TPSA) is 69.6 Å². The molecule has 2 aliphatic rings. The van der Waals surface area contributed by atoms with Gasteiger partial charge in [-0.3, -0.25) is 4.79 Å². The van der Waals surface area contributed by atoms with E-state index in [4.69, 9.17) is 28.3 Å². The molecule has 1 aliphatic heterocycles. The Hall–Kier alpha value is -1.24. The lowest BCUT2D eigenvalue weighted by Gasteiger charge is -2.21. The highest BCUT2D eigenvalue weighted by molar-refractivity contribution is 8.05. The standard InChI is InChI=1S/C22H25Cl2NO3S/c23-18-9-8-15(11-19(18)24)17(10-14-4-1-2-5-14)22(28)25-21-7-3-6-16(13-29-21)20(27)12-26/h3,6-9,11,13-14,17,20,26-27H,1-2,4-5,10,12H2,(H,25,28). The van der Waals surface area contributed by atoms with Gasteiger partial charge in [0.05, 0.1) is 27.6 Å². The molecule has 156 valence electrons.